The van der Waals surface area contributed by atoms with E-state index in [0.717, 1.165) is 17.4 Å². The molecule has 1 fully saturated rings. The molecule has 0 saturated carbocycles. The first-order valence-corrected chi connectivity index (χ1v) is 6.82. The van der Waals surface area contributed by atoms with Crippen molar-refractivity contribution in [2.24, 2.45) is 0 Å². The Morgan fingerprint density at radius 3 is 3.00 bits per heavy atom. The van der Waals surface area contributed by atoms with Crippen molar-refractivity contribution in [1.82, 2.24) is 15.1 Å². The highest BCUT2D eigenvalue weighted by Gasteiger charge is 2.36. The molecule has 1 aliphatic heterocycles. The zero-order valence-electron chi connectivity index (χ0n) is 11.8. The second kappa shape index (κ2) is 5.08. The van der Waals surface area contributed by atoms with Gasteiger partial charge in [-0.2, -0.15) is 5.10 Å². The van der Waals surface area contributed by atoms with E-state index < -0.39 is 18.2 Å². The molecule has 7 nitrogen and oxygen atoms in total. The summed E-state index contributed by atoms with van der Waals surface area (Å²) >= 11 is 0. The van der Waals surface area contributed by atoms with Crippen LogP contribution in [0, 0.1) is 0 Å². The number of alkyl carbamates (subject to hydrolysis) is 1. The average molecular weight is 288 g/mol. The number of amides is 2. The third-order valence-corrected chi connectivity index (χ3v) is 3.53. The van der Waals surface area contributed by atoms with Crippen LogP contribution in [-0.2, 0) is 16.1 Å². The molecular formula is C14H16N4O3. The zero-order chi connectivity index (χ0) is 15.0. The Hall–Kier alpha value is -2.57. The average Bonchev–Trinajstić information content (AvgIpc) is 3.01. The van der Waals surface area contributed by atoms with Crippen LogP contribution in [-0.4, -0.2) is 33.9 Å². The van der Waals surface area contributed by atoms with E-state index in [1.807, 2.05) is 29.8 Å². The molecule has 0 bridgehead atoms. The van der Waals surface area contributed by atoms with Crippen LogP contribution in [0.1, 0.15) is 13.8 Å². The third kappa shape index (κ3) is 2.42. The van der Waals surface area contributed by atoms with Crippen LogP contribution in [0.3, 0.4) is 0 Å². The normalized spacial score (nSPS) is 21.1. The second-order valence-corrected chi connectivity index (χ2v) is 4.96. The molecule has 7 heteroatoms. The number of cyclic esters (lactones) is 1. The summed E-state index contributed by atoms with van der Waals surface area (Å²) in [6.45, 7) is 4.44. The molecule has 0 radical (unpaired) electrons. The minimum absolute atomic E-state index is 0.296. The Labute approximate surface area is 121 Å². The predicted molar refractivity (Wildman–Crippen MR) is 76.9 cm³/mol. The van der Waals surface area contributed by atoms with Gasteiger partial charge in [0.25, 0.3) is 5.91 Å². The molecule has 0 spiro atoms. The number of rotatable bonds is 3. The van der Waals surface area contributed by atoms with Crippen LogP contribution in [0.25, 0.3) is 10.9 Å². The van der Waals surface area contributed by atoms with Crippen molar-refractivity contribution >= 4 is 28.6 Å². The van der Waals surface area contributed by atoms with Crippen LogP contribution < -0.4 is 10.6 Å². The summed E-state index contributed by atoms with van der Waals surface area (Å²) < 4.78 is 6.76. The monoisotopic (exact) mass is 288 g/mol. The van der Waals surface area contributed by atoms with Crippen molar-refractivity contribution in [1.29, 1.82) is 0 Å². The Morgan fingerprint density at radius 2 is 2.33 bits per heavy atom. The predicted octanol–water partition coefficient (Wildman–Crippen LogP) is 1.49. The number of nitrogens with one attached hydrogen (secondary N) is 2. The van der Waals surface area contributed by atoms with Gasteiger partial charge in [0.15, 0.2) is 0 Å². The van der Waals surface area contributed by atoms with E-state index in [1.54, 1.807) is 13.1 Å². The number of carbonyl (C=O) groups is 2. The third-order valence-electron chi connectivity index (χ3n) is 3.53. The van der Waals surface area contributed by atoms with Gasteiger partial charge in [-0.25, -0.2) is 4.79 Å². The van der Waals surface area contributed by atoms with Crippen molar-refractivity contribution in [3.63, 3.8) is 0 Å². The van der Waals surface area contributed by atoms with Gasteiger partial charge in [-0.15, -0.1) is 0 Å². The van der Waals surface area contributed by atoms with E-state index in [4.69, 9.17) is 4.74 Å². The minimum Gasteiger partial charge on any atom is -0.444 e. The molecule has 1 aliphatic rings. The van der Waals surface area contributed by atoms with E-state index in [1.165, 1.54) is 0 Å². The maximum Gasteiger partial charge on any atom is 0.408 e. The van der Waals surface area contributed by atoms with E-state index in [9.17, 15) is 9.59 Å². The van der Waals surface area contributed by atoms with E-state index in [2.05, 4.69) is 15.7 Å². The minimum atomic E-state index is -0.677. The van der Waals surface area contributed by atoms with Gasteiger partial charge < -0.3 is 15.4 Å². The summed E-state index contributed by atoms with van der Waals surface area (Å²) in [6, 6.07) is 4.90. The zero-order valence-corrected chi connectivity index (χ0v) is 11.8. The molecule has 2 heterocycles. The maximum atomic E-state index is 12.2. The van der Waals surface area contributed by atoms with Gasteiger partial charge in [0.1, 0.15) is 12.1 Å². The number of anilines is 1. The number of fused-ring (bicyclic) bond motifs is 1. The van der Waals surface area contributed by atoms with Crippen LogP contribution in [0.15, 0.2) is 24.4 Å². The molecule has 110 valence electrons. The first-order chi connectivity index (χ1) is 10.1. The molecule has 1 aromatic heterocycles. The molecule has 0 aliphatic carbocycles. The van der Waals surface area contributed by atoms with Crippen molar-refractivity contribution in [3.05, 3.63) is 24.4 Å². The topological polar surface area (TPSA) is 85.3 Å². The molecule has 2 unspecified atom stereocenters. The van der Waals surface area contributed by atoms with E-state index >= 15 is 0 Å². The molecule has 2 amide bonds. The molecule has 1 aromatic carbocycles. The first-order valence-electron chi connectivity index (χ1n) is 6.82. The summed E-state index contributed by atoms with van der Waals surface area (Å²) in [7, 11) is 0. The lowest BCUT2D eigenvalue weighted by molar-refractivity contribution is -0.118. The van der Waals surface area contributed by atoms with Gasteiger partial charge in [-0.3, -0.25) is 9.48 Å². The molecule has 1 saturated heterocycles. The Morgan fingerprint density at radius 1 is 1.52 bits per heavy atom. The molecule has 3 rings (SSSR count). The first kappa shape index (κ1) is 13.4. The van der Waals surface area contributed by atoms with E-state index in [-0.39, 0.29) is 5.91 Å². The number of hydrogen-bond acceptors (Lipinski definition) is 4. The number of nitrogens with zero attached hydrogens (tertiary/aromatic N) is 2. The van der Waals surface area contributed by atoms with Crippen molar-refractivity contribution < 1.29 is 14.3 Å². The molecule has 2 aromatic rings. The summed E-state index contributed by atoms with van der Waals surface area (Å²) in [5, 5.41) is 10.6. The SMILES string of the molecule is CCn1ncc2ccc(NC(=O)C3NC(=O)OC3C)cc21. The van der Waals surface area contributed by atoms with Gasteiger partial charge in [-0.05, 0) is 32.0 Å². The number of ether oxygens (including phenoxy) is 1. The van der Waals surface area contributed by atoms with Gasteiger partial charge in [0.05, 0.1) is 11.7 Å². The number of hydrogen-bond donors (Lipinski definition) is 2. The highest BCUT2D eigenvalue weighted by Crippen LogP contribution is 2.20. The molecule has 2 atom stereocenters. The quantitative estimate of drug-likeness (QED) is 0.896. The summed E-state index contributed by atoms with van der Waals surface area (Å²) in [6.07, 6.45) is 0.738. The molecule has 2 N–H and O–H groups in total. The van der Waals surface area contributed by atoms with Crippen LogP contribution in [0.4, 0.5) is 10.5 Å². The number of benzene rings is 1. The Bertz CT molecular complexity index is 709. The molecular weight excluding hydrogens is 272 g/mol. The highest BCUT2D eigenvalue weighted by molar-refractivity contribution is 5.99. The lowest BCUT2D eigenvalue weighted by Crippen LogP contribution is -2.41. The summed E-state index contributed by atoms with van der Waals surface area (Å²) in [4.78, 5) is 23.3. The fourth-order valence-electron chi connectivity index (χ4n) is 2.41. The fourth-order valence-corrected chi connectivity index (χ4v) is 2.41. The van der Waals surface area contributed by atoms with Crippen LogP contribution in [0.5, 0.6) is 0 Å². The van der Waals surface area contributed by atoms with Crippen LogP contribution >= 0.6 is 0 Å². The number of carbonyl (C=O) groups excluding carboxylic acids is 2. The van der Waals surface area contributed by atoms with Crippen molar-refractivity contribution in [2.75, 3.05) is 5.32 Å². The second-order valence-electron chi connectivity index (χ2n) is 4.96. The Kier molecular flexibility index (Phi) is 3.25. The highest BCUT2D eigenvalue weighted by atomic mass is 16.6. The lowest BCUT2D eigenvalue weighted by atomic mass is 10.1. The maximum absolute atomic E-state index is 12.2. The van der Waals surface area contributed by atoms with Crippen molar-refractivity contribution in [3.8, 4) is 0 Å². The van der Waals surface area contributed by atoms with Gasteiger partial charge >= 0.3 is 6.09 Å². The summed E-state index contributed by atoms with van der Waals surface area (Å²) in [5.74, 6) is -0.296. The smallest absolute Gasteiger partial charge is 0.408 e. The molecule has 21 heavy (non-hydrogen) atoms. The van der Waals surface area contributed by atoms with Gasteiger partial charge in [0.2, 0.25) is 0 Å². The summed E-state index contributed by atoms with van der Waals surface area (Å²) in [5.41, 5.74) is 1.62. The largest absolute Gasteiger partial charge is 0.444 e. The Balaban J connectivity index is 1.81. The van der Waals surface area contributed by atoms with E-state index in [0.29, 0.717) is 5.69 Å². The number of aryl methyl sites for hydroxylation is 1. The van der Waals surface area contributed by atoms with Gasteiger partial charge in [0, 0.05) is 17.6 Å². The lowest BCUT2D eigenvalue weighted by Gasteiger charge is -2.13. The van der Waals surface area contributed by atoms with Gasteiger partial charge in [-0.1, -0.05) is 0 Å². The standard InChI is InChI=1S/C14H16N4O3/c1-3-18-11-6-10(5-4-9(11)7-15-18)16-13(19)12-8(2)21-14(20)17-12/h4-8,12H,3H2,1-2H3,(H,16,19)(H,17,20). The van der Waals surface area contributed by atoms with Crippen LogP contribution in [0.2, 0.25) is 0 Å². The fraction of sp³-hybridized carbons (Fsp3) is 0.357. The number of aromatic nitrogens is 2. The van der Waals surface area contributed by atoms with Crippen molar-refractivity contribution in [2.45, 2.75) is 32.5 Å².